The molecule has 1 saturated carbocycles. The summed E-state index contributed by atoms with van der Waals surface area (Å²) in [6, 6.07) is 3.25. The van der Waals surface area contributed by atoms with Gasteiger partial charge in [-0.2, -0.15) is 0 Å². The van der Waals surface area contributed by atoms with E-state index in [2.05, 4.69) is 5.32 Å². The van der Waals surface area contributed by atoms with Gasteiger partial charge in [0.2, 0.25) is 5.91 Å². The number of carbonyl (C=O) groups is 1. The Hall–Kier alpha value is -1.49. The van der Waals surface area contributed by atoms with Crippen molar-refractivity contribution in [2.45, 2.75) is 32.2 Å². The number of rotatable bonds is 4. The van der Waals surface area contributed by atoms with E-state index in [9.17, 15) is 13.6 Å². The Morgan fingerprint density at radius 1 is 1.25 bits per heavy atom. The molecule has 0 aliphatic heterocycles. The average Bonchev–Trinajstić information content (AvgIpc) is 2.48. The predicted molar refractivity (Wildman–Crippen MR) is 72.7 cm³/mol. The van der Waals surface area contributed by atoms with Crippen LogP contribution < -0.4 is 11.1 Å². The molecule has 0 radical (unpaired) electrons. The van der Waals surface area contributed by atoms with E-state index in [1.165, 1.54) is 0 Å². The number of halogens is 2. The summed E-state index contributed by atoms with van der Waals surface area (Å²) in [6.07, 6.45) is 3.56. The van der Waals surface area contributed by atoms with Crippen molar-refractivity contribution in [3.05, 3.63) is 35.4 Å². The van der Waals surface area contributed by atoms with Crippen molar-refractivity contribution in [1.29, 1.82) is 0 Å². The maximum atomic E-state index is 13.4. The minimum absolute atomic E-state index is 0.0270. The van der Waals surface area contributed by atoms with Gasteiger partial charge in [0.05, 0.1) is 0 Å². The van der Waals surface area contributed by atoms with Crippen molar-refractivity contribution in [3.8, 4) is 0 Å². The molecule has 0 aromatic heterocycles. The molecule has 110 valence electrons. The lowest BCUT2D eigenvalue weighted by molar-refractivity contribution is -0.126. The van der Waals surface area contributed by atoms with Gasteiger partial charge in [-0.1, -0.05) is 0 Å². The highest BCUT2D eigenvalue weighted by Crippen LogP contribution is 2.28. The highest BCUT2D eigenvalue weighted by Gasteiger charge is 2.25. The Kier molecular flexibility index (Phi) is 5.06. The smallest absolute Gasteiger partial charge is 0.223 e. The molecule has 1 aliphatic rings. The van der Waals surface area contributed by atoms with Gasteiger partial charge in [-0.3, -0.25) is 4.79 Å². The van der Waals surface area contributed by atoms with E-state index in [4.69, 9.17) is 5.73 Å². The van der Waals surface area contributed by atoms with Crippen molar-refractivity contribution in [2.75, 3.05) is 6.54 Å². The zero-order valence-electron chi connectivity index (χ0n) is 11.4. The number of carbonyl (C=O) groups excluding carboxylic acids is 1. The lowest BCUT2D eigenvalue weighted by Crippen LogP contribution is -2.34. The molecule has 0 unspecified atom stereocenters. The molecular weight excluding hydrogens is 262 g/mol. The molecule has 0 saturated heterocycles. The fourth-order valence-corrected chi connectivity index (χ4v) is 2.67. The first kappa shape index (κ1) is 14.9. The minimum atomic E-state index is -0.501. The molecule has 5 heteroatoms. The van der Waals surface area contributed by atoms with Gasteiger partial charge in [-0.05, 0) is 56.3 Å². The molecular formula is C15H20F2N2O. The Bertz CT molecular complexity index is 471. The topological polar surface area (TPSA) is 55.1 Å². The van der Waals surface area contributed by atoms with Gasteiger partial charge in [0.15, 0.2) is 0 Å². The molecule has 3 N–H and O–H groups in total. The maximum Gasteiger partial charge on any atom is 0.223 e. The largest absolute Gasteiger partial charge is 0.352 e. The Labute approximate surface area is 117 Å². The van der Waals surface area contributed by atoms with Crippen LogP contribution >= 0.6 is 0 Å². The van der Waals surface area contributed by atoms with E-state index >= 15 is 0 Å². The summed E-state index contributed by atoms with van der Waals surface area (Å²) in [6.45, 7) is 0.697. The summed E-state index contributed by atoms with van der Waals surface area (Å²) in [5.74, 6) is -0.601. The normalized spacial score (nSPS) is 22.6. The zero-order chi connectivity index (χ0) is 14.5. The molecule has 1 aliphatic carbocycles. The Morgan fingerprint density at radius 3 is 2.60 bits per heavy atom. The van der Waals surface area contributed by atoms with Gasteiger partial charge in [0.25, 0.3) is 0 Å². The van der Waals surface area contributed by atoms with E-state index < -0.39 is 11.6 Å². The Balaban J connectivity index is 1.85. The third-order valence-electron chi connectivity index (χ3n) is 4.01. The van der Waals surface area contributed by atoms with Gasteiger partial charge in [0, 0.05) is 18.0 Å². The molecule has 0 bridgehead atoms. The summed E-state index contributed by atoms with van der Waals surface area (Å²) < 4.78 is 26.4. The summed E-state index contributed by atoms with van der Waals surface area (Å²) in [4.78, 5) is 12.0. The van der Waals surface area contributed by atoms with Crippen LogP contribution in [0.4, 0.5) is 8.78 Å². The maximum absolute atomic E-state index is 13.4. The fraction of sp³-hybridized carbons (Fsp3) is 0.533. The molecule has 1 fully saturated rings. The first-order chi connectivity index (χ1) is 9.60. The number of amides is 1. The molecule has 3 nitrogen and oxygen atoms in total. The van der Waals surface area contributed by atoms with E-state index in [-0.39, 0.29) is 23.9 Å². The number of benzene rings is 1. The van der Waals surface area contributed by atoms with E-state index in [1.54, 1.807) is 0 Å². The van der Waals surface area contributed by atoms with Gasteiger partial charge < -0.3 is 11.1 Å². The monoisotopic (exact) mass is 282 g/mol. The number of hydrogen-bond donors (Lipinski definition) is 2. The van der Waals surface area contributed by atoms with E-state index in [0.29, 0.717) is 12.5 Å². The summed E-state index contributed by atoms with van der Waals surface area (Å²) >= 11 is 0. The standard InChI is InChI=1S/C15H20F2N2O/c16-13-5-6-14(17)12(7-13)9-19-15(20)11-3-1-10(8-18)2-4-11/h5-7,10-11H,1-4,8-9,18H2,(H,19,20). The van der Waals surface area contributed by atoms with Gasteiger partial charge >= 0.3 is 0 Å². The minimum Gasteiger partial charge on any atom is -0.352 e. The fourth-order valence-electron chi connectivity index (χ4n) is 2.67. The molecule has 0 heterocycles. The third-order valence-corrected chi connectivity index (χ3v) is 4.01. The summed E-state index contributed by atoms with van der Waals surface area (Å²) in [5.41, 5.74) is 5.79. The second kappa shape index (κ2) is 6.79. The third kappa shape index (κ3) is 3.76. The van der Waals surface area contributed by atoms with Gasteiger partial charge in [-0.25, -0.2) is 8.78 Å². The Morgan fingerprint density at radius 2 is 1.95 bits per heavy atom. The van der Waals surface area contributed by atoms with Crippen LogP contribution in [0.5, 0.6) is 0 Å². The molecule has 1 aromatic rings. The second-order valence-corrected chi connectivity index (χ2v) is 5.41. The first-order valence-corrected chi connectivity index (χ1v) is 7.02. The molecule has 1 aromatic carbocycles. The molecule has 0 spiro atoms. The SMILES string of the molecule is NCC1CCC(C(=O)NCc2cc(F)ccc2F)CC1. The van der Waals surface area contributed by atoms with Crippen LogP contribution in [0.1, 0.15) is 31.2 Å². The second-order valence-electron chi connectivity index (χ2n) is 5.41. The van der Waals surface area contributed by atoms with E-state index in [1.807, 2.05) is 0 Å². The van der Waals surface area contributed by atoms with Crippen LogP contribution in [0.15, 0.2) is 18.2 Å². The van der Waals surface area contributed by atoms with Crippen LogP contribution in [0.2, 0.25) is 0 Å². The molecule has 20 heavy (non-hydrogen) atoms. The average molecular weight is 282 g/mol. The van der Waals surface area contributed by atoms with Crippen LogP contribution in [-0.2, 0) is 11.3 Å². The van der Waals surface area contributed by atoms with E-state index in [0.717, 1.165) is 43.9 Å². The first-order valence-electron chi connectivity index (χ1n) is 7.02. The lowest BCUT2D eigenvalue weighted by Gasteiger charge is -2.26. The highest BCUT2D eigenvalue weighted by atomic mass is 19.1. The molecule has 1 amide bonds. The van der Waals surface area contributed by atoms with Gasteiger partial charge in [-0.15, -0.1) is 0 Å². The van der Waals surface area contributed by atoms with Crippen molar-refractivity contribution >= 4 is 5.91 Å². The molecule has 2 rings (SSSR count). The van der Waals surface area contributed by atoms with Crippen LogP contribution in [0.25, 0.3) is 0 Å². The van der Waals surface area contributed by atoms with Crippen LogP contribution in [0.3, 0.4) is 0 Å². The van der Waals surface area contributed by atoms with Crippen molar-refractivity contribution in [2.24, 2.45) is 17.6 Å². The summed E-state index contributed by atoms with van der Waals surface area (Å²) in [5, 5.41) is 2.69. The van der Waals surface area contributed by atoms with Crippen molar-refractivity contribution < 1.29 is 13.6 Å². The van der Waals surface area contributed by atoms with Crippen LogP contribution in [0, 0.1) is 23.5 Å². The van der Waals surface area contributed by atoms with Crippen molar-refractivity contribution in [1.82, 2.24) is 5.32 Å². The van der Waals surface area contributed by atoms with Gasteiger partial charge in [0.1, 0.15) is 11.6 Å². The zero-order valence-corrected chi connectivity index (χ0v) is 11.4. The quantitative estimate of drug-likeness (QED) is 0.890. The van der Waals surface area contributed by atoms with Crippen molar-refractivity contribution in [3.63, 3.8) is 0 Å². The molecule has 0 atom stereocenters. The number of nitrogens with two attached hydrogens (primary N) is 1. The summed E-state index contributed by atoms with van der Waals surface area (Å²) in [7, 11) is 0. The number of hydrogen-bond acceptors (Lipinski definition) is 2. The lowest BCUT2D eigenvalue weighted by atomic mass is 9.81. The predicted octanol–water partition coefficient (Wildman–Crippen LogP) is 2.35. The highest BCUT2D eigenvalue weighted by molar-refractivity contribution is 5.78. The van der Waals surface area contributed by atoms with Crippen LogP contribution in [-0.4, -0.2) is 12.5 Å². The number of nitrogens with one attached hydrogen (secondary N) is 1.